The molecule has 2 unspecified atom stereocenters. The molecule has 0 saturated carbocycles. The summed E-state index contributed by atoms with van der Waals surface area (Å²) < 4.78 is 4.97. The molecule has 1 aromatic rings. The van der Waals surface area contributed by atoms with Crippen LogP contribution in [0.3, 0.4) is 0 Å². The third kappa shape index (κ3) is 4.98. The lowest BCUT2D eigenvalue weighted by Crippen LogP contribution is -2.35. The van der Waals surface area contributed by atoms with Gasteiger partial charge < -0.3 is 20.3 Å². The number of carbonyl (C=O) groups is 1. The molecule has 0 saturated heterocycles. The molecule has 1 rings (SSSR count). The van der Waals surface area contributed by atoms with Crippen molar-refractivity contribution in [1.82, 2.24) is 5.32 Å². The maximum Gasteiger partial charge on any atom is 0.310 e. The third-order valence-corrected chi connectivity index (χ3v) is 3.03. The van der Waals surface area contributed by atoms with E-state index in [4.69, 9.17) is 14.9 Å². The Labute approximate surface area is 113 Å². The van der Waals surface area contributed by atoms with Gasteiger partial charge in [0.05, 0.1) is 25.2 Å². The predicted octanol–water partition coefficient (Wildman–Crippen LogP) is 0.972. The molecule has 5 nitrogen and oxygen atoms in total. The van der Waals surface area contributed by atoms with Crippen LogP contribution in [0.25, 0.3) is 0 Å². The molecule has 0 heterocycles. The van der Waals surface area contributed by atoms with Crippen molar-refractivity contribution < 1.29 is 19.7 Å². The zero-order valence-corrected chi connectivity index (χ0v) is 11.3. The summed E-state index contributed by atoms with van der Waals surface area (Å²) in [5, 5.41) is 21.2. The zero-order valence-electron chi connectivity index (χ0n) is 11.3. The average Bonchev–Trinajstić information content (AvgIpc) is 2.43. The van der Waals surface area contributed by atoms with Crippen LogP contribution in [-0.2, 0) is 16.1 Å². The molecule has 0 aromatic heterocycles. The van der Waals surface area contributed by atoms with Gasteiger partial charge in [0, 0.05) is 13.7 Å². The molecule has 106 valence electrons. The van der Waals surface area contributed by atoms with Crippen LogP contribution in [0.4, 0.5) is 0 Å². The number of rotatable bonds is 8. The smallest absolute Gasteiger partial charge is 0.310 e. The van der Waals surface area contributed by atoms with E-state index < -0.39 is 11.9 Å². The standard InChI is InChI=1S/C14H21NO4/c1-10(14(17)18)12-5-3-11(4-6-12)7-15-13(8-16)9-19-2/h3-6,10,13,15-16H,7-9H2,1-2H3,(H,17,18). The number of aliphatic hydroxyl groups is 1. The van der Waals surface area contributed by atoms with Gasteiger partial charge >= 0.3 is 5.97 Å². The Morgan fingerprint density at radius 1 is 1.37 bits per heavy atom. The summed E-state index contributed by atoms with van der Waals surface area (Å²) in [7, 11) is 1.59. The lowest BCUT2D eigenvalue weighted by atomic mass is 10.00. The molecule has 0 aliphatic rings. The number of benzene rings is 1. The van der Waals surface area contributed by atoms with Crippen molar-refractivity contribution in [3.63, 3.8) is 0 Å². The molecular formula is C14H21NO4. The maximum atomic E-state index is 10.9. The van der Waals surface area contributed by atoms with E-state index in [-0.39, 0.29) is 12.6 Å². The second-order valence-corrected chi connectivity index (χ2v) is 4.52. The first kappa shape index (κ1) is 15.6. The van der Waals surface area contributed by atoms with E-state index in [1.807, 2.05) is 24.3 Å². The SMILES string of the molecule is COCC(CO)NCc1ccc(C(C)C(=O)O)cc1. The van der Waals surface area contributed by atoms with Crippen LogP contribution >= 0.6 is 0 Å². The van der Waals surface area contributed by atoms with Gasteiger partial charge in [-0.05, 0) is 18.1 Å². The number of hydrogen-bond acceptors (Lipinski definition) is 4. The second kappa shape index (κ2) is 7.89. The average molecular weight is 267 g/mol. The van der Waals surface area contributed by atoms with Crippen molar-refractivity contribution >= 4 is 5.97 Å². The Bertz CT molecular complexity index is 391. The first-order valence-electron chi connectivity index (χ1n) is 6.23. The Kier molecular flexibility index (Phi) is 6.49. The van der Waals surface area contributed by atoms with Gasteiger partial charge in [-0.3, -0.25) is 4.79 Å². The minimum atomic E-state index is -0.827. The summed E-state index contributed by atoms with van der Waals surface area (Å²) in [5.74, 6) is -1.33. The van der Waals surface area contributed by atoms with Crippen LogP contribution < -0.4 is 5.32 Å². The van der Waals surface area contributed by atoms with Crippen LogP contribution in [0.2, 0.25) is 0 Å². The molecule has 0 aliphatic carbocycles. The topological polar surface area (TPSA) is 78.8 Å². The summed E-state index contributed by atoms with van der Waals surface area (Å²) in [6.45, 7) is 2.74. The molecule has 19 heavy (non-hydrogen) atoms. The molecule has 3 N–H and O–H groups in total. The monoisotopic (exact) mass is 267 g/mol. The Balaban J connectivity index is 2.54. The third-order valence-electron chi connectivity index (χ3n) is 3.03. The molecule has 5 heteroatoms. The van der Waals surface area contributed by atoms with E-state index in [0.717, 1.165) is 11.1 Å². The van der Waals surface area contributed by atoms with Crippen LogP contribution in [0.15, 0.2) is 24.3 Å². The molecule has 0 radical (unpaired) electrons. The van der Waals surface area contributed by atoms with E-state index in [1.165, 1.54) is 0 Å². The molecule has 2 atom stereocenters. The highest BCUT2D eigenvalue weighted by Gasteiger charge is 2.13. The Morgan fingerprint density at radius 3 is 2.47 bits per heavy atom. The summed E-state index contributed by atoms with van der Waals surface area (Å²) >= 11 is 0. The highest BCUT2D eigenvalue weighted by molar-refractivity contribution is 5.75. The molecule has 0 bridgehead atoms. The van der Waals surface area contributed by atoms with Crippen molar-refractivity contribution in [3.8, 4) is 0 Å². The molecule has 0 amide bonds. The van der Waals surface area contributed by atoms with Crippen molar-refractivity contribution in [1.29, 1.82) is 0 Å². The number of carboxylic acid groups (broad SMARTS) is 1. The van der Waals surface area contributed by atoms with Gasteiger partial charge in [0.25, 0.3) is 0 Å². The first-order valence-corrected chi connectivity index (χ1v) is 6.23. The zero-order chi connectivity index (χ0) is 14.3. The van der Waals surface area contributed by atoms with Crippen LogP contribution in [0, 0.1) is 0 Å². The van der Waals surface area contributed by atoms with Crippen molar-refractivity contribution in [2.24, 2.45) is 0 Å². The number of nitrogens with one attached hydrogen (secondary N) is 1. The number of ether oxygens (including phenoxy) is 1. The van der Waals surface area contributed by atoms with Crippen LogP contribution in [0.5, 0.6) is 0 Å². The fourth-order valence-corrected chi connectivity index (χ4v) is 1.71. The fourth-order valence-electron chi connectivity index (χ4n) is 1.71. The molecule has 0 spiro atoms. The van der Waals surface area contributed by atoms with Gasteiger partial charge in [-0.15, -0.1) is 0 Å². The van der Waals surface area contributed by atoms with Crippen LogP contribution in [-0.4, -0.2) is 42.5 Å². The largest absolute Gasteiger partial charge is 0.481 e. The lowest BCUT2D eigenvalue weighted by Gasteiger charge is -2.15. The minimum Gasteiger partial charge on any atom is -0.481 e. The van der Waals surface area contributed by atoms with E-state index in [9.17, 15) is 4.79 Å². The van der Waals surface area contributed by atoms with E-state index in [0.29, 0.717) is 13.2 Å². The molecular weight excluding hydrogens is 246 g/mol. The Hall–Kier alpha value is -1.43. The van der Waals surface area contributed by atoms with E-state index in [2.05, 4.69) is 5.32 Å². The first-order chi connectivity index (χ1) is 9.08. The number of aliphatic carboxylic acids is 1. The molecule has 1 aromatic carbocycles. The second-order valence-electron chi connectivity index (χ2n) is 4.52. The Morgan fingerprint density at radius 2 is 2.00 bits per heavy atom. The van der Waals surface area contributed by atoms with Crippen molar-refractivity contribution in [3.05, 3.63) is 35.4 Å². The van der Waals surface area contributed by atoms with Gasteiger partial charge in [0.2, 0.25) is 0 Å². The molecule has 0 fully saturated rings. The minimum absolute atomic E-state index is 0.0158. The predicted molar refractivity (Wildman–Crippen MR) is 72.1 cm³/mol. The highest BCUT2D eigenvalue weighted by Crippen LogP contribution is 2.16. The maximum absolute atomic E-state index is 10.9. The van der Waals surface area contributed by atoms with Crippen molar-refractivity contribution in [2.45, 2.75) is 25.4 Å². The van der Waals surface area contributed by atoms with Gasteiger partial charge in [0.15, 0.2) is 0 Å². The lowest BCUT2D eigenvalue weighted by molar-refractivity contribution is -0.138. The quantitative estimate of drug-likeness (QED) is 0.654. The summed E-state index contributed by atoms with van der Waals surface area (Å²) in [4.78, 5) is 10.9. The van der Waals surface area contributed by atoms with Gasteiger partial charge in [0.1, 0.15) is 0 Å². The van der Waals surface area contributed by atoms with Crippen LogP contribution in [0.1, 0.15) is 24.0 Å². The van der Waals surface area contributed by atoms with E-state index >= 15 is 0 Å². The summed E-state index contributed by atoms with van der Waals surface area (Å²) in [6, 6.07) is 7.33. The van der Waals surface area contributed by atoms with Gasteiger partial charge in [-0.2, -0.15) is 0 Å². The number of methoxy groups -OCH3 is 1. The summed E-state index contributed by atoms with van der Waals surface area (Å²) in [6.07, 6.45) is 0. The number of hydrogen-bond donors (Lipinski definition) is 3. The number of aliphatic hydroxyl groups excluding tert-OH is 1. The fraction of sp³-hybridized carbons (Fsp3) is 0.500. The molecule has 0 aliphatic heterocycles. The van der Waals surface area contributed by atoms with Gasteiger partial charge in [-0.1, -0.05) is 24.3 Å². The van der Waals surface area contributed by atoms with E-state index in [1.54, 1.807) is 14.0 Å². The normalized spacial score (nSPS) is 14.1. The number of carboxylic acids is 1. The van der Waals surface area contributed by atoms with Gasteiger partial charge in [-0.25, -0.2) is 0 Å². The summed E-state index contributed by atoms with van der Waals surface area (Å²) in [5.41, 5.74) is 1.82. The highest BCUT2D eigenvalue weighted by atomic mass is 16.5. The van der Waals surface area contributed by atoms with Crippen molar-refractivity contribution in [2.75, 3.05) is 20.3 Å².